The molecule has 8 nitrogen and oxygen atoms in total. The molecule has 2 rings (SSSR count). The third kappa shape index (κ3) is 3.27. The lowest BCUT2D eigenvalue weighted by atomic mass is 10.3. The van der Waals surface area contributed by atoms with Crippen molar-refractivity contribution in [2.75, 3.05) is 0 Å². The van der Waals surface area contributed by atoms with Crippen molar-refractivity contribution in [3.63, 3.8) is 0 Å². The Hall–Kier alpha value is -2.36. The van der Waals surface area contributed by atoms with Gasteiger partial charge in [0.25, 0.3) is 10.1 Å². The minimum Gasteiger partial charge on any atom is -0.505 e. The second-order valence-corrected chi connectivity index (χ2v) is 5.92. The standard InChI is InChI=1S/C12H9ClN2O6S/c13-6-4-7(12(18)10(5-6)22(19,20)21)14-15-11-8(16)2-1-3-9(11)17/h1-5,16-18H,(H,19,20,21). The lowest BCUT2D eigenvalue weighted by molar-refractivity contribution is 0.443. The van der Waals surface area contributed by atoms with Crippen LogP contribution in [0.3, 0.4) is 0 Å². The van der Waals surface area contributed by atoms with Crippen molar-refractivity contribution < 1.29 is 28.3 Å². The van der Waals surface area contributed by atoms with Crippen LogP contribution in [0.25, 0.3) is 0 Å². The van der Waals surface area contributed by atoms with E-state index in [1.807, 2.05) is 0 Å². The van der Waals surface area contributed by atoms with Gasteiger partial charge in [-0.25, -0.2) is 0 Å². The summed E-state index contributed by atoms with van der Waals surface area (Å²) in [4.78, 5) is -0.838. The normalized spacial score (nSPS) is 11.9. The second-order valence-electron chi connectivity index (χ2n) is 4.09. The fourth-order valence-corrected chi connectivity index (χ4v) is 2.46. The average Bonchev–Trinajstić information content (AvgIpc) is 2.40. The number of phenolic OH excluding ortho intramolecular Hbond substituents is 3. The third-order valence-corrected chi connectivity index (χ3v) is 3.63. The van der Waals surface area contributed by atoms with Gasteiger partial charge in [0.05, 0.1) is 0 Å². The van der Waals surface area contributed by atoms with Crippen molar-refractivity contribution in [3.8, 4) is 17.2 Å². The lowest BCUT2D eigenvalue weighted by Crippen LogP contribution is -1.98. The van der Waals surface area contributed by atoms with Gasteiger partial charge in [-0.15, -0.1) is 10.2 Å². The largest absolute Gasteiger partial charge is 0.505 e. The van der Waals surface area contributed by atoms with E-state index in [0.717, 1.165) is 12.1 Å². The fourth-order valence-electron chi connectivity index (χ4n) is 1.56. The van der Waals surface area contributed by atoms with Gasteiger partial charge in [-0.3, -0.25) is 4.55 Å². The number of benzene rings is 2. The van der Waals surface area contributed by atoms with Crippen LogP contribution in [0.15, 0.2) is 45.5 Å². The molecule has 0 amide bonds. The van der Waals surface area contributed by atoms with Crippen LogP contribution in [-0.2, 0) is 10.1 Å². The Morgan fingerprint density at radius 2 is 1.59 bits per heavy atom. The Bertz CT molecular complexity index is 846. The first-order valence-electron chi connectivity index (χ1n) is 5.63. The second kappa shape index (κ2) is 5.79. The maximum atomic E-state index is 11.1. The number of rotatable bonds is 3. The molecule has 0 aromatic heterocycles. The highest BCUT2D eigenvalue weighted by Gasteiger charge is 2.20. The third-order valence-electron chi connectivity index (χ3n) is 2.55. The molecule has 0 aliphatic rings. The van der Waals surface area contributed by atoms with Gasteiger partial charge < -0.3 is 15.3 Å². The quantitative estimate of drug-likeness (QED) is 0.498. The average molecular weight is 345 g/mol. The van der Waals surface area contributed by atoms with Gasteiger partial charge in [0, 0.05) is 5.02 Å². The maximum absolute atomic E-state index is 11.1. The molecule has 0 fully saturated rings. The molecule has 2 aromatic carbocycles. The summed E-state index contributed by atoms with van der Waals surface area (Å²) in [6, 6.07) is 5.79. The molecule has 4 N–H and O–H groups in total. The molecule has 2 aromatic rings. The highest BCUT2D eigenvalue weighted by Crippen LogP contribution is 2.40. The smallest absolute Gasteiger partial charge is 0.298 e. The van der Waals surface area contributed by atoms with E-state index in [2.05, 4.69) is 10.2 Å². The molecular formula is C12H9ClN2O6S. The fraction of sp³-hybridized carbons (Fsp3) is 0. The van der Waals surface area contributed by atoms with E-state index >= 15 is 0 Å². The molecule has 0 saturated carbocycles. The first kappa shape index (κ1) is 16.0. The molecule has 0 radical (unpaired) electrons. The Morgan fingerprint density at radius 1 is 1.00 bits per heavy atom. The minimum atomic E-state index is -4.71. The molecule has 0 aliphatic heterocycles. The van der Waals surface area contributed by atoms with Crippen molar-refractivity contribution in [1.82, 2.24) is 0 Å². The Kier molecular flexibility index (Phi) is 4.22. The van der Waals surface area contributed by atoms with Gasteiger partial charge in [0.15, 0.2) is 11.4 Å². The molecule has 0 spiro atoms. The summed E-state index contributed by atoms with van der Waals surface area (Å²) in [6.07, 6.45) is 0. The van der Waals surface area contributed by atoms with E-state index in [9.17, 15) is 23.7 Å². The molecule has 0 unspecified atom stereocenters. The summed E-state index contributed by atoms with van der Waals surface area (Å²) in [5.74, 6) is -1.62. The summed E-state index contributed by atoms with van der Waals surface area (Å²) in [7, 11) is -4.71. The summed E-state index contributed by atoms with van der Waals surface area (Å²) in [5.41, 5.74) is -0.655. The molecule has 22 heavy (non-hydrogen) atoms. The number of azo groups is 1. The van der Waals surface area contributed by atoms with Crippen LogP contribution in [0.5, 0.6) is 17.2 Å². The summed E-state index contributed by atoms with van der Waals surface area (Å²) >= 11 is 5.69. The van der Waals surface area contributed by atoms with Crippen molar-refractivity contribution in [1.29, 1.82) is 0 Å². The van der Waals surface area contributed by atoms with Gasteiger partial charge in [-0.05, 0) is 24.3 Å². The Labute approximate surface area is 129 Å². The minimum absolute atomic E-state index is 0.124. The predicted molar refractivity (Wildman–Crippen MR) is 76.9 cm³/mol. The molecule has 0 bridgehead atoms. The molecule has 10 heteroatoms. The van der Waals surface area contributed by atoms with Crippen LogP contribution in [0.2, 0.25) is 5.02 Å². The van der Waals surface area contributed by atoms with E-state index in [1.165, 1.54) is 18.2 Å². The maximum Gasteiger partial charge on any atom is 0.298 e. The van der Waals surface area contributed by atoms with Gasteiger partial charge >= 0.3 is 0 Å². The van der Waals surface area contributed by atoms with Crippen LogP contribution in [0.1, 0.15) is 0 Å². The molecule has 116 valence electrons. The topological polar surface area (TPSA) is 140 Å². The van der Waals surface area contributed by atoms with E-state index in [0.29, 0.717) is 0 Å². The zero-order chi connectivity index (χ0) is 16.5. The first-order chi connectivity index (χ1) is 10.2. The van der Waals surface area contributed by atoms with Crippen molar-refractivity contribution >= 4 is 33.1 Å². The monoisotopic (exact) mass is 344 g/mol. The van der Waals surface area contributed by atoms with Crippen LogP contribution in [0, 0.1) is 0 Å². The summed E-state index contributed by atoms with van der Waals surface area (Å²) < 4.78 is 31.2. The molecule has 0 atom stereocenters. The molecular weight excluding hydrogens is 336 g/mol. The van der Waals surface area contributed by atoms with E-state index in [-0.39, 0.29) is 27.9 Å². The first-order valence-corrected chi connectivity index (χ1v) is 7.44. The zero-order valence-corrected chi connectivity index (χ0v) is 12.2. The summed E-state index contributed by atoms with van der Waals surface area (Å²) in [6.45, 7) is 0. The summed E-state index contributed by atoms with van der Waals surface area (Å²) in [5, 5.41) is 35.8. The van der Waals surface area contributed by atoms with Crippen LogP contribution >= 0.6 is 11.6 Å². The van der Waals surface area contributed by atoms with Crippen molar-refractivity contribution in [2.45, 2.75) is 4.90 Å². The number of hydrogen-bond donors (Lipinski definition) is 4. The number of aromatic hydroxyl groups is 3. The van der Waals surface area contributed by atoms with E-state index in [4.69, 9.17) is 16.2 Å². The highest BCUT2D eigenvalue weighted by atomic mass is 35.5. The number of halogens is 1. The van der Waals surface area contributed by atoms with Crippen LogP contribution in [-0.4, -0.2) is 28.3 Å². The SMILES string of the molecule is O=S(=O)(O)c1cc(Cl)cc(N=Nc2c(O)cccc2O)c1O. The van der Waals surface area contributed by atoms with Gasteiger partial charge in [-0.1, -0.05) is 17.7 Å². The van der Waals surface area contributed by atoms with E-state index < -0.39 is 20.8 Å². The number of phenols is 3. The van der Waals surface area contributed by atoms with Gasteiger partial charge in [-0.2, -0.15) is 8.42 Å². The van der Waals surface area contributed by atoms with Crippen LogP contribution in [0.4, 0.5) is 11.4 Å². The molecule has 0 heterocycles. The molecule has 0 aliphatic carbocycles. The van der Waals surface area contributed by atoms with Gasteiger partial charge in [0.2, 0.25) is 0 Å². The number of nitrogens with zero attached hydrogens (tertiary/aromatic N) is 2. The van der Waals surface area contributed by atoms with Crippen LogP contribution < -0.4 is 0 Å². The van der Waals surface area contributed by atoms with E-state index in [1.54, 1.807) is 0 Å². The van der Waals surface area contributed by atoms with Crippen molar-refractivity contribution in [3.05, 3.63) is 35.4 Å². The number of hydrogen-bond acceptors (Lipinski definition) is 7. The zero-order valence-electron chi connectivity index (χ0n) is 10.7. The highest BCUT2D eigenvalue weighted by molar-refractivity contribution is 7.86. The molecule has 0 saturated heterocycles. The van der Waals surface area contributed by atoms with Gasteiger partial charge in [0.1, 0.15) is 22.1 Å². The Balaban J connectivity index is 2.55. The van der Waals surface area contributed by atoms with Crippen molar-refractivity contribution in [2.24, 2.45) is 10.2 Å². The predicted octanol–water partition coefficient (Wildman–Crippen LogP) is 3.12. The lowest BCUT2D eigenvalue weighted by Gasteiger charge is -2.05. The Morgan fingerprint density at radius 3 is 2.14 bits per heavy atom.